The molecular weight excluding hydrogens is 438 g/mol. The summed E-state index contributed by atoms with van der Waals surface area (Å²) in [6.45, 7) is 21.9. The quantitative estimate of drug-likeness (QED) is 0.0986. The van der Waals surface area contributed by atoms with E-state index < -0.39 is 0 Å². The molecular formula is C29H45N3O3. The van der Waals surface area contributed by atoms with Gasteiger partial charge in [0.25, 0.3) is 0 Å². The third-order valence-electron chi connectivity index (χ3n) is 5.64. The number of rotatable bonds is 18. The number of esters is 1. The summed E-state index contributed by atoms with van der Waals surface area (Å²) in [5.41, 5.74) is 3.19. The van der Waals surface area contributed by atoms with Gasteiger partial charge in [-0.3, -0.25) is 0 Å². The van der Waals surface area contributed by atoms with Crippen molar-refractivity contribution >= 4 is 11.7 Å². The lowest BCUT2D eigenvalue weighted by Gasteiger charge is -2.21. The molecule has 0 heterocycles. The van der Waals surface area contributed by atoms with Crippen LogP contribution < -0.4 is 10.2 Å². The van der Waals surface area contributed by atoms with E-state index in [4.69, 9.17) is 9.47 Å². The van der Waals surface area contributed by atoms with Gasteiger partial charge >= 0.3 is 5.97 Å². The van der Waals surface area contributed by atoms with E-state index in [1.54, 1.807) is 12.2 Å². The number of nitrogens with one attached hydrogen (secondary N) is 1. The van der Waals surface area contributed by atoms with Crippen LogP contribution in [0, 0.1) is 0 Å². The minimum absolute atomic E-state index is 0.196. The number of carbonyl (C=O) groups excluding carboxylic acids is 1. The number of unbranched alkanes of at least 4 members (excludes halogenated alkanes) is 1. The van der Waals surface area contributed by atoms with Gasteiger partial charge in [0.15, 0.2) is 5.88 Å². The minimum atomic E-state index is -0.366. The van der Waals surface area contributed by atoms with Crippen LogP contribution in [0.3, 0.4) is 0 Å². The molecule has 0 saturated heterocycles. The van der Waals surface area contributed by atoms with Crippen molar-refractivity contribution in [3.63, 3.8) is 0 Å². The molecule has 0 radical (unpaired) electrons. The van der Waals surface area contributed by atoms with Gasteiger partial charge in [-0.15, -0.1) is 0 Å². The lowest BCUT2D eigenvalue weighted by Crippen LogP contribution is -2.25. The molecule has 194 valence electrons. The second-order valence-corrected chi connectivity index (χ2v) is 8.30. The molecule has 1 N–H and O–H groups in total. The summed E-state index contributed by atoms with van der Waals surface area (Å²) in [6.07, 6.45) is 7.67. The van der Waals surface area contributed by atoms with E-state index in [0.717, 1.165) is 49.4 Å². The largest absolute Gasteiger partial charge is 0.480 e. The predicted octanol–water partition coefficient (Wildman–Crippen LogP) is 5.44. The molecule has 0 saturated carbocycles. The number of benzene rings is 1. The third kappa shape index (κ3) is 11.9. The fourth-order valence-corrected chi connectivity index (χ4v) is 3.46. The molecule has 6 heteroatoms. The maximum Gasteiger partial charge on any atom is 0.338 e. The number of carbonyl (C=O) groups is 1. The molecule has 0 unspecified atom stereocenters. The van der Waals surface area contributed by atoms with E-state index in [0.29, 0.717) is 24.6 Å². The highest BCUT2D eigenvalue weighted by atomic mass is 16.5. The molecule has 0 amide bonds. The van der Waals surface area contributed by atoms with Crippen LogP contribution in [0.25, 0.3) is 0 Å². The first-order valence-electron chi connectivity index (χ1n) is 12.6. The van der Waals surface area contributed by atoms with E-state index in [-0.39, 0.29) is 12.6 Å². The maximum atomic E-state index is 12.7. The Kier molecular flexibility index (Phi) is 15.2. The fraction of sp³-hybridized carbons (Fsp3) is 0.483. The zero-order valence-corrected chi connectivity index (χ0v) is 22.4. The molecule has 0 aliphatic carbocycles. The van der Waals surface area contributed by atoms with Crippen LogP contribution in [0.1, 0.15) is 46.1 Å². The van der Waals surface area contributed by atoms with Crippen molar-refractivity contribution in [3.05, 3.63) is 78.2 Å². The van der Waals surface area contributed by atoms with Gasteiger partial charge in [0.1, 0.15) is 6.61 Å². The first-order chi connectivity index (χ1) is 16.9. The summed E-state index contributed by atoms with van der Waals surface area (Å²) in [5, 5.41) is 3.41. The Morgan fingerprint density at radius 3 is 2.34 bits per heavy atom. The van der Waals surface area contributed by atoms with Gasteiger partial charge in [0.2, 0.25) is 0 Å². The minimum Gasteiger partial charge on any atom is -0.480 e. The molecule has 0 aromatic heterocycles. The Morgan fingerprint density at radius 1 is 1.06 bits per heavy atom. The van der Waals surface area contributed by atoms with Gasteiger partial charge in [-0.25, -0.2) is 4.79 Å². The number of anilines is 1. The second kappa shape index (κ2) is 17.6. The summed E-state index contributed by atoms with van der Waals surface area (Å²) < 4.78 is 11.0. The molecule has 0 fully saturated rings. The van der Waals surface area contributed by atoms with Gasteiger partial charge in [-0.2, -0.15) is 0 Å². The van der Waals surface area contributed by atoms with Crippen LogP contribution in [-0.2, 0) is 20.9 Å². The van der Waals surface area contributed by atoms with E-state index in [1.807, 2.05) is 56.1 Å². The van der Waals surface area contributed by atoms with E-state index in [9.17, 15) is 4.79 Å². The second-order valence-electron chi connectivity index (χ2n) is 8.30. The van der Waals surface area contributed by atoms with Crippen molar-refractivity contribution < 1.29 is 14.3 Å². The Balaban J connectivity index is 2.52. The van der Waals surface area contributed by atoms with Crippen molar-refractivity contribution in [3.8, 4) is 0 Å². The first-order valence-corrected chi connectivity index (χ1v) is 12.6. The summed E-state index contributed by atoms with van der Waals surface area (Å²) >= 11 is 0. The van der Waals surface area contributed by atoms with E-state index >= 15 is 0 Å². The zero-order valence-electron chi connectivity index (χ0n) is 22.4. The average molecular weight is 484 g/mol. The molecule has 0 aliphatic heterocycles. The number of hydrogen-bond donors (Lipinski definition) is 1. The number of allylic oxidation sites excluding steroid dienone is 1. The summed E-state index contributed by atoms with van der Waals surface area (Å²) in [6, 6.07) is 7.76. The highest BCUT2D eigenvalue weighted by Crippen LogP contribution is 2.18. The van der Waals surface area contributed by atoms with Gasteiger partial charge in [0, 0.05) is 19.3 Å². The highest BCUT2D eigenvalue weighted by Gasteiger charge is 2.10. The topological polar surface area (TPSA) is 54.0 Å². The molecule has 6 nitrogen and oxygen atoms in total. The van der Waals surface area contributed by atoms with E-state index in [1.165, 1.54) is 6.42 Å². The number of nitrogens with zero attached hydrogens (tertiary/aromatic N) is 2. The number of hydrogen-bond acceptors (Lipinski definition) is 6. The molecule has 0 atom stereocenters. The Morgan fingerprint density at radius 2 is 1.74 bits per heavy atom. The Bertz CT molecular complexity index is 839. The van der Waals surface area contributed by atoms with Gasteiger partial charge < -0.3 is 24.6 Å². The average Bonchev–Trinajstić information content (AvgIpc) is 2.86. The Hall–Kier alpha value is -2.83. The SMILES string of the molecule is C=C(/C=C(\C=C/C)C(=O)OCc1ccc(N(C)C(=C)OCC)cc1)CNCCCCN(CC)CC. The standard InChI is InChI=1S/C29H45N3O3/c1-8-14-27(21-24(5)22-30-19-12-13-20-32(9-2)10-3)29(33)35-23-26-15-17-28(18-16-26)31(7)25(6)34-11-4/h8,14-18,21,30H,5-6,9-13,19-20,22-23H2,1-4,7H3/b14-8-,27-21+. The lowest BCUT2D eigenvalue weighted by atomic mass is 10.1. The predicted molar refractivity (Wildman–Crippen MR) is 147 cm³/mol. The monoisotopic (exact) mass is 483 g/mol. The first kappa shape index (κ1) is 30.2. The van der Waals surface area contributed by atoms with Crippen molar-refractivity contribution in [2.45, 2.75) is 47.1 Å². The van der Waals surface area contributed by atoms with Crippen molar-refractivity contribution in [2.75, 3.05) is 51.3 Å². The summed E-state index contributed by atoms with van der Waals surface area (Å²) in [5.74, 6) is 0.219. The highest BCUT2D eigenvalue weighted by molar-refractivity contribution is 5.92. The summed E-state index contributed by atoms with van der Waals surface area (Å²) in [4.78, 5) is 17.0. The van der Waals surface area contributed by atoms with Crippen LogP contribution in [0.15, 0.2) is 72.7 Å². The molecule has 35 heavy (non-hydrogen) atoms. The molecule has 1 aromatic rings. The van der Waals surface area contributed by atoms with Crippen LogP contribution in [0.4, 0.5) is 5.69 Å². The number of ether oxygens (including phenoxy) is 2. The van der Waals surface area contributed by atoms with Crippen LogP contribution >= 0.6 is 0 Å². The summed E-state index contributed by atoms with van der Waals surface area (Å²) in [7, 11) is 1.90. The zero-order chi connectivity index (χ0) is 26.1. The lowest BCUT2D eigenvalue weighted by molar-refractivity contribution is -0.139. The van der Waals surface area contributed by atoms with Gasteiger partial charge in [-0.1, -0.05) is 44.7 Å². The maximum absolute atomic E-state index is 12.7. The van der Waals surface area contributed by atoms with Gasteiger partial charge in [0.05, 0.1) is 12.2 Å². The molecule has 0 aliphatic rings. The van der Waals surface area contributed by atoms with Gasteiger partial charge in [-0.05, 0) is 88.8 Å². The van der Waals surface area contributed by atoms with Crippen molar-refractivity contribution in [1.29, 1.82) is 0 Å². The smallest absolute Gasteiger partial charge is 0.338 e. The van der Waals surface area contributed by atoms with Crippen LogP contribution in [0.5, 0.6) is 0 Å². The van der Waals surface area contributed by atoms with Crippen LogP contribution in [0.2, 0.25) is 0 Å². The fourth-order valence-electron chi connectivity index (χ4n) is 3.46. The molecule has 0 bridgehead atoms. The van der Waals surface area contributed by atoms with E-state index in [2.05, 4.69) is 37.2 Å². The Labute approximate surface area is 213 Å². The normalized spacial score (nSPS) is 11.7. The molecule has 1 aromatic carbocycles. The van der Waals surface area contributed by atoms with Crippen molar-refractivity contribution in [2.24, 2.45) is 0 Å². The van der Waals surface area contributed by atoms with Crippen molar-refractivity contribution in [1.82, 2.24) is 10.2 Å². The van der Waals surface area contributed by atoms with Crippen LogP contribution in [-0.4, -0.2) is 57.2 Å². The third-order valence-corrected chi connectivity index (χ3v) is 5.64. The molecule has 0 spiro atoms. The molecule has 1 rings (SSSR count).